The summed E-state index contributed by atoms with van der Waals surface area (Å²) in [5, 5.41) is 0.899. The normalized spacial score (nSPS) is 13.5. The molecule has 0 aliphatic rings. The summed E-state index contributed by atoms with van der Waals surface area (Å²) >= 11 is 11.9. The van der Waals surface area contributed by atoms with E-state index in [9.17, 15) is 4.79 Å². The zero-order valence-corrected chi connectivity index (χ0v) is 14.9. The van der Waals surface area contributed by atoms with Gasteiger partial charge in [-0.3, -0.25) is 0 Å². The summed E-state index contributed by atoms with van der Waals surface area (Å²) in [5.41, 5.74) is 0. The Bertz CT molecular complexity index is 477. The van der Waals surface area contributed by atoms with Crippen LogP contribution in [0.1, 0.15) is 46.5 Å². The maximum atomic E-state index is 12.0. The molecule has 1 rings (SSSR count). The van der Waals surface area contributed by atoms with Crippen molar-refractivity contribution in [3.05, 3.63) is 28.2 Å². The van der Waals surface area contributed by atoms with Gasteiger partial charge in [0.25, 0.3) is 0 Å². The van der Waals surface area contributed by atoms with Gasteiger partial charge in [0.05, 0.1) is 11.6 Å². The Labute approximate surface area is 142 Å². The lowest BCUT2D eigenvalue weighted by atomic mass is 10.0. The SMILES string of the molecule is CCCC[C@@H](CC)COC(=O)[C@H](C)Oc1ccc(Cl)cc1Cl. The molecule has 0 saturated carbocycles. The van der Waals surface area contributed by atoms with Crippen molar-refractivity contribution in [1.82, 2.24) is 0 Å². The number of ether oxygens (including phenoxy) is 2. The van der Waals surface area contributed by atoms with E-state index in [1.165, 1.54) is 0 Å². The number of halogens is 2. The monoisotopic (exact) mass is 346 g/mol. The van der Waals surface area contributed by atoms with Crippen LogP contribution in [0.5, 0.6) is 5.75 Å². The van der Waals surface area contributed by atoms with Crippen LogP contribution in [0.15, 0.2) is 18.2 Å². The third-order valence-electron chi connectivity index (χ3n) is 3.53. The van der Waals surface area contributed by atoms with Crippen LogP contribution >= 0.6 is 23.2 Å². The van der Waals surface area contributed by atoms with Crippen LogP contribution in [-0.2, 0) is 9.53 Å². The molecule has 0 N–H and O–H groups in total. The molecule has 0 fully saturated rings. The van der Waals surface area contributed by atoms with Crippen LogP contribution < -0.4 is 4.74 Å². The number of hydrogen-bond donors (Lipinski definition) is 0. The quantitative estimate of drug-likeness (QED) is 0.552. The fourth-order valence-electron chi connectivity index (χ4n) is 2.02. The molecule has 22 heavy (non-hydrogen) atoms. The minimum atomic E-state index is -0.706. The van der Waals surface area contributed by atoms with Crippen molar-refractivity contribution in [2.75, 3.05) is 6.61 Å². The molecule has 1 aromatic carbocycles. The minimum Gasteiger partial charge on any atom is -0.477 e. The highest BCUT2D eigenvalue weighted by Crippen LogP contribution is 2.28. The molecule has 2 atom stereocenters. The molecule has 0 aromatic heterocycles. The molecular formula is C17H24Cl2O3. The predicted molar refractivity (Wildman–Crippen MR) is 90.8 cm³/mol. The highest BCUT2D eigenvalue weighted by molar-refractivity contribution is 6.35. The van der Waals surface area contributed by atoms with Gasteiger partial charge in [-0.15, -0.1) is 0 Å². The lowest BCUT2D eigenvalue weighted by molar-refractivity contribution is -0.152. The van der Waals surface area contributed by atoms with E-state index in [0.717, 1.165) is 25.7 Å². The van der Waals surface area contributed by atoms with E-state index < -0.39 is 6.10 Å². The first-order valence-corrected chi connectivity index (χ1v) is 8.51. The third-order valence-corrected chi connectivity index (χ3v) is 4.06. The minimum absolute atomic E-state index is 0.374. The summed E-state index contributed by atoms with van der Waals surface area (Å²) in [6, 6.07) is 4.89. The summed E-state index contributed by atoms with van der Waals surface area (Å²) in [4.78, 5) is 12.0. The first kappa shape index (κ1) is 19.1. The highest BCUT2D eigenvalue weighted by Gasteiger charge is 2.19. The zero-order chi connectivity index (χ0) is 16.5. The van der Waals surface area contributed by atoms with Gasteiger partial charge in [0.2, 0.25) is 0 Å². The number of unbranched alkanes of at least 4 members (excludes halogenated alkanes) is 1. The number of carbonyl (C=O) groups is 1. The average molecular weight is 347 g/mol. The lowest BCUT2D eigenvalue weighted by Gasteiger charge is -2.18. The molecule has 0 bridgehead atoms. The molecule has 0 aliphatic carbocycles. The molecule has 1 aromatic rings. The Morgan fingerprint density at radius 2 is 2.00 bits per heavy atom. The van der Waals surface area contributed by atoms with Crippen LogP contribution in [0.25, 0.3) is 0 Å². The van der Waals surface area contributed by atoms with Gasteiger partial charge in [-0.2, -0.15) is 0 Å². The van der Waals surface area contributed by atoms with E-state index in [0.29, 0.717) is 28.3 Å². The number of carbonyl (C=O) groups excluding carboxylic acids is 1. The van der Waals surface area contributed by atoms with E-state index in [4.69, 9.17) is 32.7 Å². The van der Waals surface area contributed by atoms with Crippen LogP contribution in [0.3, 0.4) is 0 Å². The molecule has 3 nitrogen and oxygen atoms in total. The highest BCUT2D eigenvalue weighted by atomic mass is 35.5. The second-order valence-electron chi connectivity index (χ2n) is 5.38. The van der Waals surface area contributed by atoms with E-state index in [1.807, 2.05) is 0 Å². The van der Waals surface area contributed by atoms with Crippen molar-refractivity contribution in [2.24, 2.45) is 5.92 Å². The Balaban J connectivity index is 2.47. The molecule has 0 radical (unpaired) electrons. The molecular weight excluding hydrogens is 323 g/mol. The maximum Gasteiger partial charge on any atom is 0.347 e. The molecule has 0 amide bonds. The van der Waals surface area contributed by atoms with Gasteiger partial charge in [-0.25, -0.2) is 4.79 Å². The molecule has 0 spiro atoms. The maximum absolute atomic E-state index is 12.0. The van der Waals surface area contributed by atoms with Gasteiger partial charge in [0, 0.05) is 5.02 Å². The van der Waals surface area contributed by atoms with Crippen molar-refractivity contribution >= 4 is 29.2 Å². The van der Waals surface area contributed by atoms with Gasteiger partial charge in [0.15, 0.2) is 6.10 Å². The lowest BCUT2D eigenvalue weighted by Crippen LogP contribution is -2.28. The smallest absolute Gasteiger partial charge is 0.347 e. The van der Waals surface area contributed by atoms with E-state index in [2.05, 4.69) is 13.8 Å². The molecule has 0 heterocycles. The molecule has 0 aliphatic heterocycles. The molecule has 0 unspecified atom stereocenters. The first-order valence-electron chi connectivity index (χ1n) is 7.76. The number of esters is 1. The topological polar surface area (TPSA) is 35.5 Å². The Hall–Kier alpha value is -0.930. The summed E-state index contributed by atoms with van der Waals surface area (Å²) in [7, 11) is 0. The number of hydrogen-bond acceptors (Lipinski definition) is 3. The third kappa shape index (κ3) is 6.45. The van der Waals surface area contributed by atoms with Crippen LogP contribution in [-0.4, -0.2) is 18.7 Å². The van der Waals surface area contributed by atoms with Crippen molar-refractivity contribution < 1.29 is 14.3 Å². The fourth-order valence-corrected chi connectivity index (χ4v) is 2.48. The van der Waals surface area contributed by atoms with E-state index in [1.54, 1.807) is 25.1 Å². The standard InChI is InChI=1S/C17H24Cl2O3/c1-4-6-7-13(5-2)11-21-17(20)12(3)22-16-9-8-14(18)10-15(16)19/h8-10,12-13H,4-7,11H2,1-3H3/t12-,13+/m0/s1. The summed E-state index contributed by atoms with van der Waals surface area (Å²) in [6.07, 6.45) is 3.69. The van der Waals surface area contributed by atoms with Crippen LogP contribution in [0.4, 0.5) is 0 Å². The van der Waals surface area contributed by atoms with Crippen molar-refractivity contribution in [2.45, 2.75) is 52.6 Å². The van der Waals surface area contributed by atoms with Gasteiger partial charge >= 0.3 is 5.97 Å². The second-order valence-corrected chi connectivity index (χ2v) is 6.23. The first-order chi connectivity index (χ1) is 10.5. The van der Waals surface area contributed by atoms with Gasteiger partial charge in [0.1, 0.15) is 5.75 Å². The summed E-state index contributed by atoms with van der Waals surface area (Å²) in [5.74, 6) is 0.463. The van der Waals surface area contributed by atoms with E-state index >= 15 is 0 Å². The van der Waals surface area contributed by atoms with Gasteiger partial charge in [-0.1, -0.05) is 56.3 Å². The van der Waals surface area contributed by atoms with Crippen LogP contribution in [0, 0.1) is 5.92 Å². The Morgan fingerprint density at radius 1 is 1.27 bits per heavy atom. The van der Waals surface area contributed by atoms with Crippen molar-refractivity contribution in [1.29, 1.82) is 0 Å². The average Bonchev–Trinajstić information content (AvgIpc) is 2.49. The summed E-state index contributed by atoms with van der Waals surface area (Å²) in [6.45, 7) is 6.36. The molecule has 5 heteroatoms. The zero-order valence-electron chi connectivity index (χ0n) is 13.4. The van der Waals surface area contributed by atoms with Gasteiger partial charge < -0.3 is 9.47 Å². The molecule has 124 valence electrons. The van der Waals surface area contributed by atoms with Crippen LogP contribution in [0.2, 0.25) is 10.0 Å². The van der Waals surface area contributed by atoms with Crippen molar-refractivity contribution in [3.63, 3.8) is 0 Å². The summed E-state index contributed by atoms with van der Waals surface area (Å²) < 4.78 is 10.9. The largest absolute Gasteiger partial charge is 0.477 e. The Morgan fingerprint density at radius 3 is 2.59 bits per heavy atom. The number of benzene rings is 1. The van der Waals surface area contributed by atoms with Gasteiger partial charge in [-0.05, 0) is 37.5 Å². The Kier molecular flexibility index (Phi) is 8.66. The number of rotatable bonds is 9. The van der Waals surface area contributed by atoms with Crippen molar-refractivity contribution in [3.8, 4) is 5.75 Å². The molecule has 0 saturated heterocycles. The fraction of sp³-hybridized carbons (Fsp3) is 0.588. The second kappa shape index (κ2) is 9.96. The predicted octanol–water partition coefficient (Wildman–Crippen LogP) is 5.52. The van der Waals surface area contributed by atoms with E-state index in [-0.39, 0.29) is 5.97 Å².